The van der Waals surface area contributed by atoms with Gasteiger partial charge in [0.15, 0.2) is 0 Å². The number of pyridine rings is 1. The molecule has 0 aliphatic heterocycles. The summed E-state index contributed by atoms with van der Waals surface area (Å²) >= 11 is 3.23. The SMILES string of the molecule is Cc1cc(Br)ncc1/C=N\O. The van der Waals surface area contributed by atoms with Crippen molar-refractivity contribution in [2.75, 3.05) is 0 Å². The standard InChI is InChI=1S/C7H7BrN2O/c1-5-2-7(8)9-3-6(5)4-10-11/h2-4,11H,1H3/b10-4-. The summed E-state index contributed by atoms with van der Waals surface area (Å²) < 4.78 is 0.782. The van der Waals surface area contributed by atoms with Crippen LogP contribution in [0.4, 0.5) is 0 Å². The minimum Gasteiger partial charge on any atom is -0.411 e. The molecule has 0 fully saturated rings. The van der Waals surface area contributed by atoms with Gasteiger partial charge in [0.25, 0.3) is 0 Å². The van der Waals surface area contributed by atoms with Gasteiger partial charge in [-0.25, -0.2) is 4.98 Å². The lowest BCUT2D eigenvalue weighted by Gasteiger charge is -1.97. The van der Waals surface area contributed by atoms with Crippen molar-refractivity contribution in [1.82, 2.24) is 4.98 Å². The van der Waals surface area contributed by atoms with Crippen molar-refractivity contribution in [1.29, 1.82) is 0 Å². The Morgan fingerprint density at radius 2 is 2.45 bits per heavy atom. The average molecular weight is 215 g/mol. The molecule has 0 amide bonds. The fourth-order valence-electron chi connectivity index (χ4n) is 0.730. The Kier molecular flexibility index (Phi) is 2.59. The van der Waals surface area contributed by atoms with Crippen LogP contribution >= 0.6 is 15.9 Å². The maximum atomic E-state index is 8.24. The van der Waals surface area contributed by atoms with Gasteiger partial charge in [0.1, 0.15) is 4.60 Å². The van der Waals surface area contributed by atoms with Gasteiger partial charge >= 0.3 is 0 Å². The summed E-state index contributed by atoms with van der Waals surface area (Å²) in [5.74, 6) is 0. The number of halogens is 1. The summed E-state index contributed by atoms with van der Waals surface area (Å²) in [6.07, 6.45) is 2.99. The van der Waals surface area contributed by atoms with E-state index in [1.165, 1.54) is 6.21 Å². The number of nitrogens with zero attached hydrogens (tertiary/aromatic N) is 2. The molecule has 3 nitrogen and oxygen atoms in total. The zero-order valence-corrected chi connectivity index (χ0v) is 7.54. The van der Waals surface area contributed by atoms with Crippen molar-refractivity contribution in [2.45, 2.75) is 6.92 Å². The number of aromatic nitrogens is 1. The highest BCUT2D eigenvalue weighted by atomic mass is 79.9. The van der Waals surface area contributed by atoms with Gasteiger partial charge in [-0.15, -0.1) is 0 Å². The molecule has 0 atom stereocenters. The highest BCUT2D eigenvalue weighted by Crippen LogP contribution is 2.10. The molecule has 11 heavy (non-hydrogen) atoms. The zero-order chi connectivity index (χ0) is 8.27. The lowest BCUT2D eigenvalue weighted by atomic mass is 10.2. The fraction of sp³-hybridized carbons (Fsp3) is 0.143. The third-order valence-corrected chi connectivity index (χ3v) is 1.75. The van der Waals surface area contributed by atoms with Crippen LogP contribution in [0.2, 0.25) is 0 Å². The Labute approximate surface area is 72.9 Å². The highest BCUT2D eigenvalue weighted by molar-refractivity contribution is 9.10. The normalized spacial score (nSPS) is 10.7. The maximum Gasteiger partial charge on any atom is 0.106 e. The number of hydrogen-bond donors (Lipinski definition) is 1. The van der Waals surface area contributed by atoms with Gasteiger partial charge in [-0.1, -0.05) is 5.16 Å². The van der Waals surface area contributed by atoms with Crippen LogP contribution in [-0.2, 0) is 0 Å². The summed E-state index contributed by atoms with van der Waals surface area (Å²) in [6, 6.07) is 1.86. The quantitative estimate of drug-likeness (QED) is 0.337. The van der Waals surface area contributed by atoms with Gasteiger partial charge in [0, 0.05) is 11.8 Å². The van der Waals surface area contributed by atoms with Crippen LogP contribution in [-0.4, -0.2) is 16.4 Å². The van der Waals surface area contributed by atoms with Crippen molar-refractivity contribution in [2.24, 2.45) is 5.16 Å². The molecule has 1 rings (SSSR count). The topological polar surface area (TPSA) is 45.5 Å². The van der Waals surface area contributed by atoms with E-state index in [0.717, 1.165) is 15.7 Å². The lowest BCUT2D eigenvalue weighted by molar-refractivity contribution is 0.322. The highest BCUT2D eigenvalue weighted by Gasteiger charge is 1.95. The van der Waals surface area contributed by atoms with E-state index in [-0.39, 0.29) is 0 Å². The molecule has 0 unspecified atom stereocenters. The maximum absolute atomic E-state index is 8.24. The summed E-state index contributed by atoms with van der Waals surface area (Å²) in [4.78, 5) is 3.97. The van der Waals surface area contributed by atoms with Gasteiger partial charge in [0.2, 0.25) is 0 Å². The minimum atomic E-state index is 0.782. The number of rotatable bonds is 1. The lowest BCUT2D eigenvalue weighted by Crippen LogP contribution is -1.88. The summed E-state index contributed by atoms with van der Waals surface area (Å²) in [5, 5.41) is 11.2. The van der Waals surface area contributed by atoms with Crippen LogP contribution in [0, 0.1) is 6.92 Å². The first-order valence-electron chi connectivity index (χ1n) is 3.03. The van der Waals surface area contributed by atoms with E-state index in [9.17, 15) is 0 Å². The molecule has 1 aromatic rings. The molecule has 0 spiro atoms. The van der Waals surface area contributed by atoms with Crippen LogP contribution in [0.1, 0.15) is 11.1 Å². The van der Waals surface area contributed by atoms with Gasteiger partial charge in [-0.2, -0.15) is 0 Å². The Morgan fingerprint density at radius 3 is 3.00 bits per heavy atom. The molecule has 0 aromatic carbocycles. The number of hydrogen-bond acceptors (Lipinski definition) is 3. The largest absolute Gasteiger partial charge is 0.411 e. The van der Waals surface area contributed by atoms with E-state index >= 15 is 0 Å². The zero-order valence-electron chi connectivity index (χ0n) is 5.95. The second kappa shape index (κ2) is 3.48. The number of aryl methyl sites for hydroxylation is 1. The smallest absolute Gasteiger partial charge is 0.106 e. The molecule has 0 saturated carbocycles. The summed E-state index contributed by atoms with van der Waals surface area (Å²) in [5.41, 5.74) is 1.83. The molecule has 1 N–H and O–H groups in total. The molecule has 58 valence electrons. The third kappa shape index (κ3) is 2.01. The average Bonchev–Trinajstić information content (AvgIpc) is 1.95. The van der Waals surface area contributed by atoms with Gasteiger partial charge in [0.05, 0.1) is 6.21 Å². The van der Waals surface area contributed by atoms with Crippen LogP contribution in [0.25, 0.3) is 0 Å². The second-order valence-electron chi connectivity index (χ2n) is 2.11. The van der Waals surface area contributed by atoms with Crippen molar-refractivity contribution in [3.63, 3.8) is 0 Å². The molecule has 0 radical (unpaired) electrons. The summed E-state index contributed by atoms with van der Waals surface area (Å²) in [6.45, 7) is 1.92. The Balaban J connectivity index is 3.09. The van der Waals surface area contributed by atoms with Crippen molar-refractivity contribution >= 4 is 22.1 Å². The Hall–Kier alpha value is -0.900. The van der Waals surface area contributed by atoms with Crippen LogP contribution in [0.15, 0.2) is 22.0 Å². The third-order valence-electron chi connectivity index (χ3n) is 1.31. The first-order chi connectivity index (χ1) is 5.24. The molecule has 0 bridgehead atoms. The summed E-state index contributed by atoms with van der Waals surface area (Å²) in [7, 11) is 0. The van der Waals surface area contributed by atoms with Crippen molar-refractivity contribution < 1.29 is 5.21 Å². The van der Waals surface area contributed by atoms with E-state index in [0.29, 0.717) is 0 Å². The first kappa shape index (κ1) is 8.20. The van der Waals surface area contributed by atoms with Crippen LogP contribution in [0.5, 0.6) is 0 Å². The predicted molar refractivity (Wildman–Crippen MR) is 46.1 cm³/mol. The second-order valence-corrected chi connectivity index (χ2v) is 2.92. The van der Waals surface area contributed by atoms with E-state index in [4.69, 9.17) is 5.21 Å². The first-order valence-corrected chi connectivity index (χ1v) is 3.83. The van der Waals surface area contributed by atoms with E-state index < -0.39 is 0 Å². The monoisotopic (exact) mass is 214 g/mol. The van der Waals surface area contributed by atoms with Gasteiger partial charge in [-0.3, -0.25) is 0 Å². The molecule has 1 aromatic heterocycles. The van der Waals surface area contributed by atoms with Crippen LogP contribution in [0.3, 0.4) is 0 Å². The molecule has 1 heterocycles. The van der Waals surface area contributed by atoms with Crippen molar-refractivity contribution in [3.8, 4) is 0 Å². The predicted octanol–water partition coefficient (Wildman–Crippen LogP) is 1.96. The molecule has 0 aliphatic rings. The Bertz CT molecular complexity index is 286. The van der Waals surface area contributed by atoms with E-state index in [1.807, 2.05) is 13.0 Å². The molecular weight excluding hydrogens is 208 g/mol. The fourth-order valence-corrected chi connectivity index (χ4v) is 1.18. The molecule has 0 saturated heterocycles. The van der Waals surface area contributed by atoms with E-state index in [1.54, 1.807) is 6.20 Å². The molecule has 4 heteroatoms. The van der Waals surface area contributed by atoms with Gasteiger partial charge in [-0.05, 0) is 34.5 Å². The Morgan fingerprint density at radius 1 is 1.73 bits per heavy atom. The van der Waals surface area contributed by atoms with E-state index in [2.05, 4.69) is 26.1 Å². The molecular formula is C7H7BrN2O. The van der Waals surface area contributed by atoms with Crippen LogP contribution < -0.4 is 0 Å². The number of oxime groups is 1. The minimum absolute atomic E-state index is 0.782. The molecule has 0 aliphatic carbocycles. The van der Waals surface area contributed by atoms with Crippen molar-refractivity contribution in [3.05, 3.63) is 28.0 Å². The van der Waals surface area contributed by atoms with Gasteiger partial charge < -0.3 is 5.21 Å².